The number of ether oxygens (including phenoxy) is 1. The molecule has 1 aliphatic heterocycles. The molecule has 0 saturated carbocycles. The zero-order valence-corrected chi connectivity index (χ0v) is 17.5. The van der Waals surface area contributed by atoms with Crippen molar-refractivity contribution in [2.75, 3.05) is 24.6 Å². The first-order chi connectivity index (χ1) is 13.4. The zero-order valence-electron chi connectivity index (χ0n) is 17.5. The minimum absolute atomic E-state index is 0.0248. The Morgan fingerprint density at radius 3 is 2.50 bits per heavy atom. The van der Waals surface area contributed by atoms with Crippen molar-refractivity contribution in [1.29, 1.82) is 0 Å². The van der Waals surface area contributed by atoms with E-state index in [0.717, 1.165) is 41.4 Å². The van der Waals surface area contributed by atoms with Gasteiger partial charge in [-0.1, -0.05) is 25.1 Å². The fraction of sp³-hybridized carbons (Fsp3) is 0.458. The van der Waals surface area contributed by atoms with Crippen LogP contribution in [0, 0.1) is 19.8 Å². The number of hydrogen-bond donors (Lipinski definition) is 1. The number of amides is 1. The summed E-state index contributed by atoms with van der Waals surface area (Å²) in [7, 11) is 0. The van der Waals surface area contributed by atoms with Crippen molar-refractivity contribution in [3.8, 4) is 5.75 Å². The van der Waals surface area contributed by atoms with Crippen LogP contribution in [0.2, 0.25) is 0 Å². The van der Waals surface area contributed by atoms with E-state index in [0.29, 0.717) is 0 Å². The molecule has 28 heavy (non-hydrogen) atoms. The van der Waals surface area contributed by atoms with Crippen molar-refractivity contribution < 1.29 is 9.53 Å². The molecule has 0 spiro atoms. The maximum absolute atomic E-state index is 12.3. The number of aryl methyl sites for hydroxylation is 2. The van der Waals surface area contributed by atoms with E-state index >= 15 is 0 Å². The van der Waals surface area contributed by atoms with E-state index < -0.39 is 0 Å². The van der Waals surface area contributed by atoms with Gasteiger partial charge in [-0.25, -0.2) is 0 Å². The van der Waals surface area contributed by atoms with Gasteiger partial charge in [0.25, 0.3) is 5.91 Å². The molecule has 3 rings (SSSR count). The molecule has 0 radical (unpaired) electrons. The molecule has 2 aromatic rings. The maximum Gasteiger partial charge on any atom is 0.258 e. The van der Waals surface area contributed by atoms with Crippen molar-refractivity contribution in [3.63, 3.8) is 0 Å². The van der Waals surface area contributed by atoms with Crippen LogP contribution < -0.4 is 15.0 Å². The molecule has 0 aromatic heterocycles. The first-order valence-electron chi connectivity index (χ1n) is 10.3. The minimum Gasteiger partial charge on any atom is -0.484 e. The quantitative estimate of drug-likeness (QED) is 0.783. The van der Waals surface area contributed by atoms with E-state index in [2.05, 4.69) is 47.5 Å². The summed E-state index contributed by atoms with van der Waals surface area (Å²) in [6.45, 7) is 10.7. The largest absolute Gasteiger partial charge is 0.484 e. The summed E-state index contributed by atoms with van der Waals surface area (Å²) in [5, 5.41) is 3.02. The molecule has 0 aliphatic carbocycles. The summed E-state index contributed by atoms with van der Waals surface area (Å²) in [4.78, 5) is 14.7. The van der Waals surface area contributed by atoms with Gasteiger partial charge in [0.15, 0.2) is 6.61 Å². The third-order valence-corrected chi connectivity index (χ3v) is 5.36. The summed E-state index contributed by atoms with van der Waals surface area (Å²) < 4.78 is 5.66. The number of carbonyl (C=O) groups excluding carboxylic acids is 1. The summed E-state index contributed by atoms with van der Waals surface area (Å²) >= 11 is 0. The average molecular weight is 381 g/mol. The Hall–Kier alpha value is -2.49. The molecule has 2 atom stereocenters. The van der Waals surface area contributed by atoms with Crippen LogP contribution in [0.3, 0.4) is 0 Å². The predicted octanol–water partition coefficient (Wildman–Crippen LogP) is 4.80. The van der Waals surface area contributed by atoms with Gasteiger partial charge in [-0.15, -0.1) is 0 Å². The molecule has 0 bridgehead atoms. The molecule has 1 saturated heterocycles. The highest BCUT2D eigenvalue weighted by Gasteiger charge is 2.17. The lowest BCUT2D eigenvalue weighted by Crippen LogP contribution is -2.34. The molecule has 4 heteroatoms. The van der Waals surface area contributed by atoms with Crippen LogP contribution in [0.25, 0.3) is 0 Å². The van der Waals surface area contributed by atoms with Crippen molar-refractivity contribution >= 4 is 11.6 Å². The lowest BCUT2D eigenvalue weighted by Gasteiger charge is -2.33. The Labute approximate surface area is 168 Å². The SMILES string of the molecule is Cc1cc(C)cc(OCC(=O)N[C@H](C)c2ccc(N3CCC[C@H](C)C3)cc2)c1. The third-order valence-electron chi connectivity index (χ3n) is 5.36. The van der Waals surface area contributed by atoms with E-state index in [1.807, 2.05) is 32.9 Å². The first kappa shape index (κ1) is 20.2. The van der Waals surface area contributed by atoms with Crippen molar-refractivity contribution in [2.24, 2.45) is 5.92 Å². The molecule has 1 heterocycles. The summed E-state index contributed by atoms with van der Waals surface area (Å²) in [6, 6.07) is 14.5. The molecular weight excluding hydrogens is 348 g/mol. The number of piperidine rings is 1. The van der Waals surface area contributed by atoms with Gasteiger partial charge in [0.2, 0.25) is 0 Å². The summed E-state index contributed by atoms with van der Waals surface area (Å²) in [5.74, 6) is 1.38. The van der Waals surface area contributed by atoms with Crippen LogP contribution >= 0.6 is 0 Å². The van der Waals surface area contributed by atoms with Gasteiger partial charge in [-0.2, -0.15) is 0 Å². The second kappa shape index (κ2) is 9.13. The van der Waals surface area contributed by atoms with Crippen LogP contribution in [0.4, 0.5) is 5.69 Å². The monoisotopic (exact) mass is 380 g/mol. The molecular formula is C24H32N2O2. The van der Waals surface area contributed by atoms with Gasteiger partial charge in [-0.05, 0) is 80.5 Å². The molecule has 4 nitrogen and oxygen atoms in total. The molecule has 1 fully saturated rings. The van der Waals surface area contributed by atoms with Crippen LogP contribution in [-0.2, 0) is 4.79 Å². The van der Waals surface area contributed by atoms with Crippen LogP contribution in [-0.4, -0.2) is 25.6 Å². The molecule has 1 N–H and O–H groups in total. The standard InChI is InChI=1S/C24H32N2O2/c1-17-6-5-11-26(15-17)22-9-7-21(8-10-22)20(4)25-24(27)16-28-23-13-18(2)12-19(3)14-23/h7-10,12-14,17,20H,5-6,11,15-16H2,1-4H3,(H,25,27)/t17-,20+/m0/s1. The number of rotatable bonds is 6. The van der Waals surface area contributed by atoms with Gasteiger partial charge in [0, 0.05) is 18.8 Å². The minimum atomic E-state index is -0.111. The van der Waals surface area contributed by atoms with Crippen LogP contribution in [0.15, 0.2) is 42.5 Å². The van der Waals surface area contributed by atoms with Crippen molar-refractivity contribution in [1.82, 2.24) is 5.32 Å². The fourth-order valence-electron chi connectivity index (χ4n) is 3.93. The van der Waals surface area contributed by atoms with Gasteiger partial charge in [-0.3, -0.25) is 4.79 Å². The number of hydrogen-bond acceptors (Lipinski definition) is 3. The number of nitrogens with zero attached hydrogens (tertiary/aromatic N) is 1. The normalized spacial score (nSPS) is 17.9. The molecule has 1 aliphatic rings. The lowest BCUT2D eigenvalue weighted by atomic mass is 9.99. The third kappa shape index (κ3) is 5.51. The average Bonchev–Trinajstić information content (AvgIpc) is 2.66. The molecule has 2 aromatic carbocycles. The van der Waals surface area contributed by atoms with Crippen molar-refractivity contribution in [2.45, 2.75) is 46.6 Å². The maximum atomic E-state index is 12.3. The Balaban J connectivity index is 1.52. The predicted molar refractivity (Wildman–Crippen MR) is 115 cm³/mol. The van der Waals surface area contributed by atoms with Crippen LogP contribution in [0.5, 0.6) is 5.75 Å². The summed E-state index contributed by atoms with van der Waals surface area (Å²) in [5.41, 5.74) is 4.64. The number of carbonyl (C=O) groups is 1. The fourth-order valence-corrected chi connectivity index (χ4v) is 3.93. The first-order valence-corrected chi connectivity index (χ1v) is 10.3. The van der Waals surface area contributed by atoms with Gasteiger partial charge < -0.3 is 15.0 Å². The second-order valence-corrected chi connectivity index (χ2v) is 8.19. The smallest absolute Gasteiger partial charge is 0.258 e. The van der Waals surface area contributed by atoms with E-state index in [1.54, 1.807) is 0 Å². The molecule has 150 valence electrons. The molecule has 0 unspecified atom stereocenters. The number of nitrogens with one attached hydrogen (secondary N) is 1. The number of benzene rings is 2. The highest BCUT2D eigenvalue weighted by Crippen LogP contribution is 2.24. The van der Waals surface area contributed by atoms with Gasteiger partial charge in [0.1, 0.15) is 5.75 Å². The molecule has 1 amide bonds. The number of anilines is 1. The second-order valence-electron chi connectivity index (χ2n) is 8.19. The van der Waals surface area contributed by atoms with Gasteiger partial charge in [0.05, 0.1) is 6.04 Å². The highest BCUT2D eigenvalue weighted by atomic mass is 16.5. The van der Waals surface area contributed by atoms with E-state index in [4.69, 9.17) is 4.74 Å². The van der Waals surface area contributed by atoms with Gasteiger partial charge >= 0.3 is 0 Å². The van der Waals surface area contributed by atoms with E-state index in [1.165, 1.54) is 18.5 Å². The Kier molecular flexibility index (Phi) is 6.61. The topological polar surface area (TPSA) is 41.6 Å². The Morgan fingerprint density at radius 1 is 1.18 bits per heavy atom. The Morgan fingerprint density at radius 2 is 1.86 bits per heavy atom. The lowest BCUT2D eigenvalue weighted by molar-refractivity contribution is -0.123. The summed E-state index contributed by atoms with van der Waals surface area (Å²) in [6.07, 6.45) is 2.58. The van der Waals surface area contributed by atoms with Crippen molar-refractivity contribution in [3.05, 3.63) is 59.2 Å². The van der Waals surface area contributed by atoms with Crippen LogP contribution in [0.1, 0.15) is 49.4 Å². The van der Waals surface area contributed by atoms with E-state index in [-0.39, 0.29) is 18.6 Å². The highest BCUT2D eigenvalue weighted by molar-refractivity contribution is 5.78. The van der Waals surface area contributed by atoms with E-state index in [9.17, 15) is 4.79 Å². The zero-order chi connectivity index (χ0) is 20.1. The Bertz CT molecular complexity index is 781.